The van der Waals surface area contributed by atoms with E-state index in [1.807, 2.05) is 4.90 Å². The molecule has 0 atom stereocenters. The van der Waals surface area contributed by atoms with Gasteiger partial charge in [0.2, 0.25) is 11.9 Å². The van der Waals surface area contributed by atoms with Gasteiger partial charge < -0.3 is 25.3 Å². The predicted molar refractivity (Wildman–Crippen MR) is 124 cm³/mol. The van der Waals surface area contributed by atoms with Gasteiger partial charge in [0.05, 0.1) is 0 Å². The van der Waals surface area contributed by atoms with Crippen molar-refractivity contribution in [1.82, 2.24) is 25.1 Å². The average Bonchev–Trinajstić information content (AvgIpc) is 3.40. The molecule has 0 aliphatic carbocycles. The molecule has 2 aliphatic rings. The number of urea groups is 1. The van der Waals surface area contributed by atoms with E-state index in [1.54, 1.807) is 47.6 Å². The van der Waals surface area contributed by atoms with Crippen molar-refractivity contribution in [3.63, 3.8) is 0 Å². The maximum Gasteiger partial charge on any atom is 0.319 e. The minimum atomic E-state index is -0.382. The van der Waals surface area contributed by atoms with Crippen LogP contribution in [0.1, 0.15) is 29.6 Å². The van der Waals surface area contributed by atoms with Gasteiger partial charge in [0.1, 0.15) is 0 Å². The first-order valence-corrected chi connectivity index (χ1v) is 11.3. The van der Waals surface area contributed by atoms with Gasteiger partial charge in [-0.05, 0) is 43.2 Å². The van der Waals surface area contributed by atoms with E-state index in [9.17, 15) is 14.4 Å². The van der Waals surface area contributed by atoms with E-state index >= 15 is 0 Å². The van der Waals surface area contributed by atoms with Crippen LogP contribution in [0.4, 0.5) is 16.4 Å². The molecule has 1 aromatic carbocycles. The van der Waals surface area contributed by atoms with Crippen LogP contribution in [0.3, 0.4) is 0 Å². The molecule has 2 fully saturated rings. The van der Waals surface area contributed by atoms with Gasteiger partial charge in [-0.1, -0.05) is 0 Å². The van der Waals surface area contributed by atoms with Crippen molar-refractivity contribution in [1.29, 1.82) is 0 Å². The van der Waals surface area contributed by atoms with Gasteiger partial charge >= 0.3 is 6.03 Å². The summed E-state index contributed by atoms with van der Waals surface area (Å²) < 4.78 is 0. The molecule has 2 aromatic rings. The molecule has 33 heavy (non-hydrogen) atoms. The van der Waals surface area contributed by atoms with Crippen LogP contribution in [-0.4, -0.2) is 83.4 Å². The summed E-state index contributed by atoms with van der Waals surface area (Å²) in [5.74, 6) is 0.712. The summed E-state index contributed by atoms with van der Waals surface area (Å²) >= 11 is 0. The van der Waals surface area contributed by atoms with Gasteiger partial charge in [-0.3, -0.25) is 9.59 Å². The van der Waals surface area contributed by atoms with Gasteiger partial charge in [0.25, 0.3) is 5.91 Å². The third-order valence-corrected chi connectivity index (χ3v) is 5.87. The summed E-state index contributed by atoms with van der Waals surface area (Å²) in [6, 6.07) is 8.26. The molecule has 0 radical (unpaired) electrons. The van der Waals surface area contributed by atoms with Crippen LogP contribution in [0, 0.1) is 0 Å². The zero-order valence-corrected chi connectivity index (χ0v) is 18.6. The van der Waals surface area contributed by atoms with Gasteiger partial charge in [0, 0.05) is 75.9 Å². The molecular weight excluding hydrogens is 422 g/mol. The average molecular weight is 452 g/mol. The largest absolute Gasteiger partial charge is 0.339 e. The highest BCUT2D eigenvalue weighted by Crippen LogP contribution is 2.15. The van der Waals surface area contributed by atoms with Crippen LogP contribution >= 0.6 is 0 Å². The Labute approximate surface area is 193 Å². The van der Waals surface area contributed by atoms with Gasteiger partial charge in [0.15, 0.2) is 0 Å². The highest BCUT2D eigenvalue weighted by atomic mass is 16.2. The summed E-state index contributed by atoms with van der Waals surface area (Å²) in [5, 5.41) is 5.45. The second kappa shape index (κ2) is 10.8. The number of rotatable bonds is 6. The predicted octanol–water partition coefficient (Wildman–Crippen LogP) is 1.57. The molecule has 0 saturated carbocycles. The molecule has 2 saturated heterocycles. The Balaban J connectivity index is 1.15. The first kappa shape index (κ1) is 22.5. The topological polar surface area (TPSA) is 111 Å². The summed E-state index contributed by atoms with van der Waals surface area (Å²) in [5.41, 5.74) is 1.21. The van der Waals surface area contributed by atoms with Crippen LogP contribution in [0.25, 0.3) is 0 Å². The van der Waals surface area contributed by atoms with E-state index in [0.29, 0.717) is 43.4 Å². The third kappa shape index (κ3) is 5.97. The summed E-state index contributed by atoms with van der Waals surface area (Å²) in [6.45, 7) is 4.42. The van der Waals surface area contributed by atoms with Gasteiger partial charge in [-0.2, -0.15) is 0 Å². The minimum Gasteiger partial charge on any atom is -0.339 e. The number of carbonyl (C=O) groups excluding carboxylic acids is 3. The van der Waals surface area contributed by atoms with Crippen LogP contribution in [0.5, 0.6) is 0 Å². The molecule has 0 bridgehead atoms. The van der Waals surface area contributed by atoms with Crippen LogP contribution in [0.15, 0.2) is 42.7 Å². The minimum absolute atomic E-state index is 0.00806. The molecule has 2 N–H and O–H groups in total. The number of hydrogen-bond acceptors (Lipinski definition) is 6. The summed E-state index contributed by atoms with van der Waals surface area (Å²) in [7, 11) is 0. The van der Waals surface area contributed by atoms with E-state index in [4.69, 9.17) is 0 Å². The first-order chi connectivity index (χ1) is 16.1. The number of aromatic nitrogens is 2. The molecular formula is C23H29N7O3. The molecule has 4 rings (SSSR count). The maximum atomic E-state index is 12.5. The molecule has 0 unspecified atom stereocenters. The Morgan fingerprint density at radius 1 is 0.848 bits per heavy atom. The first-order valence-electron chi connectivity index (χ1n) is 11.3. The third-order valence-electron chi connectivity index (χ3n) is 5.87. The molecule has 3 heterocycles. The van der Waals surface area contributed by atoms with E-state index in [2.05, 4.69) is 25.5 Å². The van der Waals surface area contributed by atoms with Crippen molar-refractivity contribution in [3.8, 4) is 0 Å². The van der Waals surface area contributed by atoms with Crippen LogP contribution in [-0.2, 0) is 4.79 Å². The van der Waals surface area contributed by atoms with E-state index < -0.39 is 0 Å². The molecule has 4 amide bonds. The fourth-order valence-corrected chi connectivity index (χ4v) is 4.03. The maximum absolute atomic E-state index is 12.5. The number of anilines is 2. The van der Waals surface area contributed by atoms with E-state index in [1.165, 1.54) is 0 Å². The Bertz CT molecular complexity index is 954. The van der Waals surface area contributed by atoms with Crippen molar-refractivity contribution in [3.05, 3.63) is 48.3 Å². The number of hydrogen-bond donors (Lipinski definition) is 2. The second-order valence-corrected chi connectivity index (χ2v) is 8.12. The lowest BCUT2D eigenvalue weighted by Gasteiger charge is -2.34. The highest BCUT2D eigenvalue weighted by Gasteiger charge is 2.22. The fraction of sp³-hybridized carbons (Fsp3) is 0.435. The van der Waals surface area contributed by atoms with Crippen molar-refractivity contribution >= 4 is 29.5 Å². The lowest BCUT2D eigenvalue weighted by Crippen LogP contribution is -2.49. The fourth-order valence-electron chi connectivity index (χ4n) is 4.03. The number of amides is 4. The Kier molecular flexibility index (Phi) is 7.33. The van der Waals surface area contributed by atoms with Crippen molar-refractivity contribution < 1.29 is 14.4 Å². The molecule has 0 spiro atoms. The zero-order valence-electron chi connectivity index (χ0n) is 18.6. The monoisotopic (exact) mass is 451 g/mol. The number of benzene rings is 1. The normalized spacial score (nSPS) is 15.9. The lowest BCUT2D eigenvalue weighted by molar-refractivity contribution is -0.131. The number of carbonyl (C=O) groups is 3. The number of likely N-dealkylation sites (tertiary alicyclic amines) is 1. The number of nitrogens with one attached hydrogen (secondary N) is 2. The van der Waals surface area contributed by atoms with Gasteiger partial charge in [-0.25, -0.2) is 14.8 Å². The van der Waals surface area contributed by atoms with E-state index in [0.717, 1.165) is 25.9 Å². The molecule has 10 heteroatoms. The van der Waals surface area contributed by atoms with Crippen LogP contribution in [0.2, 0.25) is 0 Å². The Hall–Kier alpha value is -3.69. The van der Waals surface area contributed by atoms with Crippen molar-refractivity contribution in [2.24, 2.45) is 0 Å². The van der Waals surface area contributed by atoms with Gasteiger partial charge in [-0.15, -0.1) is 0 Å². The highest BCUT2D eigenvalue weighted by molar-refractivity contribution is 5.95. The molecule has 10 nitrogen and oxygen atoms in total. The molecule has 2 aliphatic heterocycles. The quantitative estimate of drug-likeness (QED) is 0.690. The molecule has 1 aromatic heterocycles. The zero-order chi connectivity index (χ0) is 23.0. The van der Waals surface area contributed by atoms with E-state index in [-0.39, 0.29) is 30.8 Å². The number of nitrogens with zero attached hydrogens (tertiary/aromatic N) is 5. The summed E-state index contributed by atoms with van der Waals surface area (Å²) in [4.78, 5) is 51.2. The molecule has 174 valence electrons. The van der Waals surface area contributed by atoms with Crippen molar-refractivity contribution in [2.45, 2.75) is 19.3 Å². The van der Waals surface area contributed by atoms with Crippen molar-refractivity contribution in [2.75, 3.05) is 56.0 Å². The Morgan fingerprint density at radius 3 is 2.18 bits per heavy atom. The Morgan fingerprint density at radius 2 is 1.52 bits per heavy atom. The summed E-state index contributed by atoms with van der Waals surface area (Å²) in [6.07, 6.45) is 5.75. The second-order valence-electron chi connectivity index (χ2n) is 8.12. The lowest BCUT2D eigenvalue weighted by atomic mass is 10.2. The number of piperazine rings is 1. The van der Waals surface area contributed by atoms with Crippen LogP contribution < -0.4 is 15.5 Å². The SMILES string of the molecule is O=C(NCCC(=O)N1CCN(c2ncccn2)CC1)Nc1ccc(C(=O)N2CCCC2)cc1. The smallest absolute Gasteiger partial charge is 0.319 e. The standard InChI is InChI=1S/C23H29N7O3/c31-20(28-14-16-30(17-15-28)22-24-9-3-10-25-22)8-11-26-23(33)27-19-6-4-18(5-7-19)21(32)29-12-1-2-13-29/h3-7,9-10H,1-2,8,11-17H2,(H2,26,27,33).